The molecule has 258 valence electrons. The van der Waals surface area contributed by atoms with Crippen molar-refractivity contribution in [2.45, 2.75) is 116 Å². The molecule has 0 amide bonds. The highest BCUT2D eigenvalue weighted by molar-refractivity contribution is 5.86. The van der Waals surface area contributed by atoms with Crippen molar-refractivity contribution in [2.75, 3.05) is 46.1 Å². The van der Waals surface area contributed by atoms with Crippen LogP contribution in [0.15, 0.2) is 0 Å². The van der Waals surface area contributed by atoms with Crippen molar-refractivity contribution >= 4 is 37.2 Å². The molecule has 0 spiro atoms. The van der Waals surface area contributed by atoms with Gasteiger partial charge in [0.15, 0.2) is 0 Å². The Bertz CT molecular complexity index is 773. The molecule has 0 aliphatic heterocycles. The van der Waals surface area contributed by atoms with E-state index in [4.69, 9.17) is 31.4 Å². The number of halogens is 3. The lowest BCUT2D eigenvalue weighted by Gasteiger charge is -2.65. The van der Waals surface area contributed by atoms with Gasteiger partial charge in [-0.2, -0.15) is 0 Å². The van der Waals surface area contributed by atoms with Crippen molar-refractivity contribution in [3.05, 3.63) is 0 Å². The summed E-state index contributed by atoms with van der Waals surface area (Å²) in [5, 5.41) is 9.58. The van der Waals surface area contributed by atoms with Crippen LogP contribution in [0.2, 0.25) is 0 Å². The van der Waals surface area contributed by atoms with Crippen molar-refractivity contribution in [3.8, 4) is 0 Å². The van der Waals surface area contributed by atoms with E-state index in [2.05, 4.69) is 20.8 Å². The molecular formula is C33H66Cl3N3O4. The highest BCUT2D eigenvalue weighted by atomic mass is 35.5. The summed E-state index contributed by atoms with van der Waals surface area (Å²) in [6.45, 7) is 12.2. The van der Waals surface area contributed by atoms with E-state index in [0.29, 0.717) is 72.8 Å². The van der Waals surface area contributed by atoms with Crippen molar-refractivity contribution in [3.63, 3.8) is 0 Å². The first-order valence-corrected chi connectivity index (χ1v) is 16.9. The van der Waals surface area contributed by atoms with Gasteiger partial charge in [0.25, 0.3) is 0 Å². The van der Waals surface area contributed by atoms with Crippen molar-refractivity contribution in [1.82, 2.24) is 0 Å². The quantitative estimate of drug-likeness (QED) is 0.154. The first-order valence-electron chi connectivity index (χ1n) is 16.9. The second kappa shape index (κ2) is 19.4. The Kier molecular flexibility index (Phi) is 18.8. The van der Waals surface area contributed by atoms with E-state index < -0.39 is 0 Å². The normalized spacial score (nSPS) is 38.9. The van der Waals surface area contributed by atoms with Gasteiger partial charge in [0.1, 0.15) is 0 Å². The van der Waals surface area contributed by atoms with Gasteiger partial charge in [-0.15, -0.1) is 37.2 Å². The zero-order valence-corrected chi connectivity index (χ0v) is 29.7. The van der Waals surface area contributed by atoms with Crippen LogP contribution in [-0.2, 0) is 14.2 Å². The standard InChI is InChI=1S/C33H63N3O4.3ClH/c1-23(8-4-16-37)26-9-10-27-31-28(22-30(33(26,27)3)40-19-7-15-36)32(2)12-11-25(38-17-5-13-34)20-24(32)21-29(31)39-18-6-14-35;;;/h23-31,37H,4-22,34-36H2,1-3H3;3*1H/t23-,24?,25-,26-,27+,28+,29-,30+,31?,32+,33-;;;/m1.../s1. The molecule has 0 saturated heterocycles. The summed E-state index contributed by atoms with van der Waals surface area (Å²) in [6, 6.07) is 0. The maximum Gasteiger partial charge on any atom is 0.0637 e. The monoisotopic (exact) mass is 673 g/mol. The predicted molar refractivity (Wildman–Crippen MR) is 183 cm³/mol. The maximum atomic E-state index is 9.58. The molecular weight excluding hydrogens is 609 g/mol. The van der Waals surface area contributed by atoms with E-state index in [0.717, 1.165) is 77.6 Å². The number of hydrogen-bond acceptors (Lipinski definition) is 7. The number of aliphatic hydroxyl groups excluding tert-OH is 1. The summed E-state index contributed by atoms with van der Waals surface area (Å²) < 4.78 is 20.1. The Balaban J connectivity index is 0.00000308. The van der Waals surface area contributed by atoms with Crippen molar-refractivity contribution in [2.24, 2.45) is 63.5 Å². The molecule has 4 fully saturated rings. The van der Waals surface area contributed by atoms with Gasteiger partial charge in [-0.1, -0.05) is 20.8 Å². The highest BCUT2D eigenvalue weighted by Gasteiger charge is 2.66. The molecule has 43 heavy (non-hydrogen) atoms. The van der Waals surface area contributed by atoms with Crippen LogP contribution in [0.1, 0.15) is 97.8 Å². The van der Waals surface area contributed by atoms with E-state index in [-0.39, 0.29) is 55.3 Å². The minimum absolute atomic E-state index is 0. The average Bonchev–Trinajstić information content (AvgIpc) is 3.31. The van der Waals surface area contributed by atoms with Crippen LogP contribution < -0.4 is 17.2 Å². The number of ether oxygens (including phenoxy) is 3. The molecule has 0 radical (unpaired) electrons. The van der Waals surface area contributed by atoms with Crippen LogP contribution in [0.5, 0.6) is 0 Å². The van der Waals surface area contributed by atoms with E-state index in [1.165, 1.54) is 19.3 Å². The van der Waals surface area contributed by atoms with E-state index in [1.807, 2.05) is 0 Å². The number of rotatable bonds is 16. The Morgan fingerprint density at radius 2 is 1.40 bits per heavy atom. The van der Waals surface area contributed by atoms with E-state index >= 15 is 0 Å². The molecule has 7 nitrogen and oxygen atoms in total. The number of nitrogens with two attached hydrogens (primary N) is 3. The van der Waals surface area contributed by atoms with Gasteiger partial charge < -0.3 is 36.5 Å². The minimum atomic E-state index is 0. The van der Waals surface area contributed by atoms with Gasteiger partial charge >= 0.3 is 0 Å². The molecule has 4 rings (SSSR count). The zero-order valence-electron chi connectivity index (χ0n) is 27.3. The van der Waals surface area contributed by atoms with Gasteiger partial charge in [0, 0.05) is 31.8 Å². The minimum Gasteiger partial charge on any atom is -0.396 e. The SMILES string of the molecule is C[C@H](CCCO)[C@H]1CC[C@H]2C3[C@H](OCCCN)CC4C[C@H](OCCCN)CC[C@]4(C)[C@H]3C[C@H](OCCCN)[C@]12C.Cl.Cl.Cl. The number of fused-ring (bicyclic) bond motifs is 5. The fraction of sp³-hybridized carbons (Fsp3) is 1.00. The predicted octanol–water partition coefficient (Wildman–Crippen LogP) is 5.74. The van der Waals surface area contributed by atoms with Crippen LogP contribution in [0, 0.1) is 46.3 Å². The van der Waals surface area contributed by atoms with Crippen molar-refractivity contribution < 1.29 is 19.3 Å². The van der Waals surface area contributed by atoms with Gasteiger partial charge in [-0.25, -0.2) is 0 Å². The molecule has 0 heterocycles. The molecule has 10 heteroatoms. The second-order valence-corrected chi connectivity index (χ2v) is 14.3. The lowest BCUT2D eigenvalue weighted by Crippen LogP contribution is -2.63. The molecule has 0 aromatic heterocycles. The van der Waals surface area contributed by atoms with E-state index in [1.54, 1.807) is 0 Å². The Morgan fingerprint density at radius 1 is 0.767 bits per heavy atom. The highest BCUT2D eigenvalue weighted by Crippen LogP contribution is 2.69. The van der Waals surface area contributed by atoms with Crippen LogP contribution in [-0.4, -0.2) is 69.5 Å². The van der Waals surface area contributed by atoms with Crippen LogP contribution >= 0.6 is 37.2 Å². The third kappa shape index (κ3) is 8.94. The summed E-state index contributed by atoms with van der Waals surface area (Å²) in [5.74, 6) is 3.60. The molecule has 0 aromatic carbocycles. The smallest absolute Gasteiger partial charge is 0.0637 e. The van der Waals surface area contributed by atoms with Crippen molar-refractivity contribution in [1.29, 1.82) is 0 Å². The Morgan fingerprint density at radius 3 is 2.02 bits per heavy atom. The fourth-order valence-corrected chi connectivity index (χ4v) is 10.2. The molecule has 0 aromatic rings. The Hall–Kier alpha value is 0.590. The first kappa shape index (κ1) is 41.6. The molecule has 0 bridgehead atoms. The molecule has 4 aliphatic rings. The largest absolute Gasteiger partial charge is 0.396 e. The fourth-order valence-electron chi connectivity index (χ4n) is 10.2. The molecule has 2 unspecified atom stereocenters. The molecule has 4 saturated carbocycles. The lowest BCUT2D eigenvalue weighted by molar-refractivity contribution is -0.227. The summed E-state index contributed by atoms with van der Waals surface area (Å²) in [6.07, 6.45) is 14.0. The van der Waals surface area contributed by atoms with Gasteiger partial charge in [0.05, 0.1) is 18.3 Å². The third-order valence-corrected chi connectivity index (χ3v) is 12.3. The first-order chi connectivity index (χ1) is 19.3. The number of hydrogen-bond donors (Lipinski definition) is 4. The van der Waals surface area contributed by atoms with Gasteiger partial charge in [-0.05, 0) is 138 Å². The van der Waals surface area contributed by atoms with Crippen LogP contribution in [0.3, 0.4) is 0 Å². The van der Waals surface area contributed by atoms with Crippen LogP contribution in [0.25, 0.3) is 0 Å². The summed E-state index contributed by atoms with van der Waals surface area (Å²) in [7, 11) is 0. The summed E-state index contributed by atoms with van der Waals surface area (Å²) in [4.78, 5) is 0. The summed E-state index contributed by atoms with van der Waals surface area (Å²) in [5.41, 5.74) is 18.0. The lowest BCUT2D eigenvalue weighted by atomic mass is 9.43. The second-order valence-electron chi connectivity index (χ2n) is 14.3. The van der Waals surface area contributed by atoms with E-state index in [9.17, 15) is 5.11 Å². The van der Waals surface area contributed by atoms with Crippen LogP contribution in [0.4, 0.5) is 0 Å². The molecule has 11 atom stereocenters. The molecule has 4 aliphatic carbocycles. The zero-order chi connectivity index (χ0) is 28.8. The number of aliphatic hydroxyl groups is 1. The maximum absolute atomic E-state index is 9.58. The average molecular weight is 675 g/mol. The third-order valence-electron chi connectivity index (χ3n) is 12.3. The Labute approximate surface area is 281 Å². The topological polar surface area (TPSA) is 126 Å². The summed E-state index contributed by atoms with van der Waals surface area (Å²) >= 11 is 0. The van der Waals surface area contributed by atoms with Gasteiger partial charge in [0.2, 0.25) is 0 Å². The molecule has 7 N–H and O–H groups in total. The van der Waals surface area contributed by atoms with Gasteiger partial charge in [-0.3, -0.25) is 0 Å².